The zero-order valence-electron chi connectivity index (χ0n) is 10.8. The van der Waals surface area contributed by atoms with Crippen LogP contribution in [0.15, 0.2) is 12.1 Å². The molecule has 0 saturated carbocycles. The molecule has 0 spiro atoms. The number of hydrogen-bond acceptors (Lipinski definition) is 4. The second-order valence-electron chi connectivity index (χ2n) is 4.76. The molecule has 0 aliphatic rings. The minimum absolute atomic E-state index is 0.102. The highest BCUT2D eigenvalue weighted by Crippen LogP contribution is 2.13. The molecule has 1 heterocycles. The Hall–Kier alpha value is -2.11. The number of aryl methyl sites for hydroxylation is 1. The second-order valence-corrected chi connectivity index (χ2v) is 4.76. The van der Waals surface area contributed by atoms with Crippen molar-refractivity contribution in [2.24, 2.45) is 0 Å². The summed E-state index contributed by atoms with van der Waals surface area (Å²) in [5.41, 5.74) is -0.166. The average molecular weight is 252 g/mol. The van der Waals surface area contributed by atoms with Crippen LogP contribution >= 0.6 is 0 Å². The smallest absolute Gasteiger partial charge is 0.413 e. The van der Waals surface area contributed by atoms with Crippen molar-refractivity contribution in [1.29, 1.82) is 0 Å². The molecule has 1 aromatic rings. The summed E-state index contributed by atoms with van der Waals surface area (Å²) in [6.45, 7) is 6.81. The lowest BCUT2D eigenvalue weighted by molar-refractivity contribution is 0.0634. The van der Waals surface area contributed by atoms with E-state index in [1.165, 1.54) is 12.1 Å². The van der Waals surface area contributed by atoms with Gasteiger partial charge in [0.25, 0.3) is 0 Å². The average Bonchev–Trinajstić information content (AvgIpc) is 2.13. The van der Waals surface area contributed by atoms with Crippen LogP contribution in [0.1, 0.15) is 36.8 Å². The molecule has 0 saturated heterocycles. The molecular formula is C12H16N2O4. The second kappa shape index (κ2) is 5.03. The van der Waals surface area contributed by atoms with Crippen LogP contribution < -0.4 is 5.32 Å². The molecule has 2 N–H and O–H groups in total. The van der Waals surface area contributed by atoms with Crippen LogP contribution in [0.4, 0.5) is 10.6 Å². The zero-order chi connectivity index (χ0) is 13.9. The normalized spacial score (nSPS) is 10.9. The Morgan fingerprint density at radius 1 is 1.33 bits per heavy atom. The van der Waals surface area contributed by atoms with Crippen molar-refractivity contribution < 1.29 is 19.4 Å². The van der Waals surface area contributed by atoms with E-state index >= 15 is 0 Å². The van der Waals surface area contributed by atoms with Crippen molar-refractivity contribution in [2.45, 2.75) is 33.3 Å². The number of nitrogens with one attached hydrogen (secondary N) is 1. The molecule has 1 rings (SSSR count). The molecule has 1 amide bonds. The Balaban J connectivity index is 2.78. The summed E-state index contributed by atoms with van der Waals surface area (Å²) in [7, 11) is 0. The number of carbonyl (C=O) groups is 2. The van der Waals surface area contributed by atoms with Gasteiger partial charge in [-0.1, -0.05) is 0 Å². The van der Waals surface area contributed by atoms with Crippen molar-refractivity contribution in [3.63, 3.8) is 0 Å². The third-order valence-corrected chi connectivity index (χ3v) is 1.95. The first kappa shape index (κ1) is 14.0. The fraction of sp³-hybridized carbons (Fsp3) is 0.417. The molecule has 0 aromatic carbocycles. The van der Waals surface area contributed by atoms with Gasteiger partial charge in [-0.2, -0.15) is 0 Å². The zero-order valence-corrected chi connectivity index (χ0v) is 10.8. The number of anilines is 1. The number of hydrogen-bond donors (Lipinski definition) is 2. The molecule has 0 aliphatic carbocycles. The van der Waals surface area contributed by atoms with E-state index in [-0.39, 0.29) is 11.4 Å². The number of rotatable bonds is 2. The Kier molecular flexibility index (Phi) is 3.90. The van der Waals surface area contributed by atoms with Gasteiger partial charge in [-0.3, -0.25) is 5.32 Å². The summed E-state index contributed by atoms with van der Waals surface area (Å²) < 4.78 is 5.05. The van der Waals surface area contributed by atoms with E-state index in [0.717, 1.165) is 0 Å². The Bertz CT molecular complexity index is 477. The Morgan fingerprint density at radius 2 is 1.94 bits per heavy atom. The highest BCUT2D eigenvalue weighted by atomic mass is 16.6. The molecule has 0 aliphatic heterocycles. The number of amides is 1. The Morgan fingerprint density at radius 3 is 2.39 bits per heavy atom. The van der Waals surface area contributed by atoms with Gasteiger partial charge in [0.15, 0.2) is 0 Å². The predicted octanol–water partition coefficient (Wildman–Crippen LogP) is 2.44. The maximum absolute atomic E-state index is 11.5. The first-order chi connectivity index (χ1) is 8.19. The van der Waals surface area contributed by atoms with Crippen molar-refractivity contribution in [2.75, 3.05) is 5.32 Å². The number of carboxylic acid groups (broad SMARTS) is 1. The lowest BCUT2D eigenvalue weighted by Gasteiger charge is -2.19. The van der Waals surface area contributed by atoms with E-state index in [4.69, 9.17) is 9.84 Å². The molecule has 0 unspecified atom stereocenters. The highest BCUT2D eigenvalue weighted by molar-refractivity contribution is 5.90. The minimum Gasteiger partial charge on any atom is -0.478 e. The van der Waals surface area contributed by atoms with Gasteiger partial charge in [-0.15, -0.1) is 0 Å². The maximum atomic E-state index is 11.5. The fourth-order valence-corrected chi connectivity index (χ4v) is 1.26. The number of carbonyl (C=O) groups excluding carboxylic acids is 1. The molecule has 0 atom stereocenters. The molecule has 0 bridgehead atoms. The molecule has 0 radical (unpaired) electrons. The standard InChI is InChI=1S/C12H16N2O4/c1-7-8(10(15)16)5-6-9(13-7)14-11(17)18-12(2,3)4/h5-6H,1-4H3,(H,15,16)(H,13,14,17). The van der Waals surface area contributed by atoms with E-state index in [1.807, 2.05) is 0 Å². The van der Waals surface area contributed by atoms with E-state index < -0.39 is 17.7 Å². The monoisotopic (exact) mass is 252 g/mol. The number of aromatic nitrogens is 1. The summed E-state index contributed by atoms with van der Waals surface area (Å²) >= 11 is 0. The number of ether oxygens (including phenoxy) is 1. The van der Waals surface area contributed by atoms with Crippen LogP contribution in [0.3, 0.4) is 0 Å². The SMILES string of the molecule is Cc1nc(NC(=O)OC(C)(C)C)ccc1C(=O)O. The van der Waals surface area contributed by atoms with Gasteiger partial charge in [0.1, 0.15) is 11.4 Å². The number of nitrogens with zero attached hydrogens (tertiary/aromatic N) is 1. The quantitative estimate of drug-likeness (QED) is 0.843. The maximum Gasteiger partial charge on any atom is 0.413 e. The summed E-state index contributed by atoms with van der Waals surface area (Å²) in [6.07, 6.45) is -0.627. The predicted molar refractivity (Wildman–Crippen MR) is 65.8 cm³/mol. The number of carboxylic acids is 1. The topological polar surface area (TPSA) is 88.5 Å². The van der Waals surface area contributed by atoms with Gasteiger partial charge in [0.2, 0.25) is 0 Å². The van der Waals surface area contributed by atoms with Crippen molar-refractivity contribution in [3.05, 3.63) is 23.4 Å². The molecular weight excluding hydrogens is 236 g/mol. The summed E-state index contributed by atoms with van der Waals surface area (Å²) in [4.78, 5) is 26.2. The lowest BCUT2D eigenvalue weighted by Crippen LogP contribution is -2.27. The van der Waals surface area contributed by atoms with Crippen LogP contribution in [0.25, 0.3) is 0 Å². The van der Waals surface area contributed by atoms with Crippen LogP contribution in [0.5, 0.6) is 0 Å². The van der Waals surface area contributed by atoms with Crippen molar-refractivity contribution in [1.82, 2.24) is 4.98 Å². The van der Waals surface area contributed by atoms with Crippen LogP contribution in [-0.4, -0.2) is 27.8 Å². The summed E-state index contributed by atoms with van der Waals surface area (Å²) in [6, 6.07) is 2.80. The first-order valence-corrected chi connectivity index (χ1v) is 5.40. The van der Waals surface area contributed by atoms with Gasteiger partial charge in [-0.25, -0.2) is 14.6 Å². The van der Waals surface area contributed by atoms with Crippen LogP contribution in [0.2, 0.25) is 0 Å². The van der Waals surface area contributed by atoms with Gasteiger partial charge in [0.05, 0.1) is 11.3 Å². The summed E-state index contributed by atoms with van der Waals surface area (Å²) in [5, 5.41) is 11.3. The van der Waals surface area contributed by atoms with Crippen molar-refractivity contribution in [3.8, 4) is 0 Å². The van der Waals surface area contributed by atoms with Gasteiger partial charge in [0, 0.05) is 0 Å². The molecule has 98 valence electrons. The van der Waals surface area contributed by atoms with E-state index in [2.05, 4.69) is 10.3 Å². The Labute approximate surface area is 105 Å². The highest BCUT2D eigenvalue weighted by Gasteiger charge is 2.17. The van der Waals surface area contributed by atoms with Crippen molar-refractivity contribution >= 4 is 17.9 Å². The lowest BCUT2D eigenvalue weighted by atomic mass is 10.2. The van der Waals surface area contributed by atoms with Crippen LogP contribution in [0, 0.1) is 6.92 Å². The van der Waals surface area contributed by atoms with E-state index in [0.29, 0.717) is 5.69 Å². The minimum atomic E-state index is -1.05. The van der Waals surface area contributed by atoms with E-state index in [9.17, 15) is 9.59 Å². The molecule has 0 fully saturated rings. The molecule has 18 heavy (non-hydrogen) atoms. The number of pyridine rings is 1. The third-order valence-electron chi connectivity index (χ3n) is 1.95. The van der Waals surface area contributed by atoms with E-state index in [1.54, 1.807) is 27.7 Å². The van der Waals surface area contributed by atoms with Crippen LogP contribution in [-0.2, 0) is 4.74 Å². The number of aromatic carboxylic acids is 1. The van der Waals surface area contributed by atoms with Gasteiger partial charge in [-0.05, 0) is 39.8 Å². The largest absolute Gasteiger partial charge is 0.478 e. The molecule has 6 nitrogen and oxygen atoms in total. The third kappa shape index (κ3) is 4.04. The molecule has 6 heteroatoms. The fourth-order valence-electron chi connectivity index (χ4n) is 1.26. The molecule has 1 aromatic heterocycles. The first-order valence-electron chi connectivity index (χ1n) is 5.40. The van der Waals surface area contributed by atoms with Gasteiger partial charge >= 0.3 is 12.1 Å². The van der Waals surface area contributed by atoms with Gasteiger partial charge < -0.3 is 9.84 Å². The summed E-state index contributed by atoms with van der Waals surface area (Å²) in [5.74, 6) is -0.796.